The Hall–Kier alpha value is -1.20. The van der Waals surface area contributed by atoms with E-state index < -0.39 is 11.1 Å². The van der Waals surface area contributed by atoms with Crippen LogP contribution in [0.5, 0.6) is 0 Å². The van der Waals surface area contributed by atoms with Gasteiger partial charge in [-0.05, 0) is 35.6 Å². The van der Waals surface area contributed by atoms with Crippen LogP contribution in [0.1, 0.15) is 53.7 Å². The van der Waals surface area contributed by atoms with Crippen molar-refractivity contribution in [3.8, 4) is 0 Å². The van der Waals surface area contributed by atoms with Crippen molar-refractivity contribution in [1.29, 1.82) is 0 Å². The average Bonchev–Trinajstić information content (AvgIpc) is 2.40. The number of hydrogen-bond donors (Lipinski definition) is 1. The van der Waals surface area contributed by atoms with E-state index in [-0.39, 0.29) is 11.7 Å². The lowest BCUT2D eigenvalue weighted by Crippen LogP contribution is -2.10. The Labute approximate surface area is 122 Å². The van der Waals surface area contributed by atoms with Gasteiger partial charge in [0.1, 0.15) is 0 Å². The molecule has 0 aliphatic rings. The lowest BCUT2D eigenvalue weighted by atomic mass is 9.94. The summed E-state index contributed by atoms with van der Waals surface area (Å²) in [5, 5.41) is 0. The molecule has 0 bridgehead atoms. The minimum atomic E-state index is -1.92. The first-order valence-electron chi connectivity index (χ1n) is 6.83. The van der Waals surface area contributed by atoms with E-state index in [1.165, 1.54) is 7.11 Å². The zero-order chi connectivity index (χ0) is 15.1. The fourth-order valence-corrected chi connectivity index (χ4v) is 2.82. The molecule has 1 rings (SSSR count). The van der Waals surface area contributed by atoms with Crippen LogP contribution in [0.25, 0.3) is 0 Å². The highest BCUT2D eigenvalue weighted by Gasteiger charge is 2.16. The number of methoxy groups -OCH3 is 1. The van der Waals surface area contributed by atoms with Crippen LogP contribution in [0.2, 0.25) is 0 Å². The van der Waals surface area contributed by atoms with Crippen molar-refractivity contribution in [1.82, 2.24) is 0 Å². The SMILES string of the molecule is CCCc1cc(CCC)c(C(=O)OC)cc1CS(=O)O. The summed E-state index contributed by atoms with van der Waals surface area (Å²) in [7, 11) is 1.35. The first-order chi connectivity index (χ1) is 9.53. The maximum absolute atomic E-state index is 11.9. The molecule has 1 N–H and O–H groups in total. The van der Waals surface area contributed by atoms with E-state index in [4.69, 9.17) is 9.29 Å². The molecule has 1 aromatic rings. The highest BCUT2D eigenvalue weighted by molar-refractivity contribution is 7.78. The summed E-state index contributed by atoms with van der Waals surface area (Å²) < 4.78 is 25.0. The van der Waals surface area contributed by atoms with Gasteiger partial charge >= 0.3 is 5.97 Å². The molecule has 1 aromatic carbocycles. The molecule has 20 heavy (non-hydrogen) atoms. The number of hydrogen-bond acceptors (Lipinski definition) is 3. The smallest absolute Gasteiger partial charge is 0.338 e. The van der Waals surface area contributed by atoms with Crippen molar-refractivity contribution in [2.24, 2.45) is 0 Å². The van der Waals surface area contributed by atoms with E-state index >= 15 is 0 Å². The Bertz CT molecular complexity index is 497. The molecule has 1 unspecified atom stereocenters. The predicted molar refractivity (Wildman–Crippen MR) is 80.2 cm³/mol. The second-order valence-electron chi connectivity index (χ2n) is 4.74. The topological polar surface area (TPSA) is 63.6 Å². The van der Waals surface area contributed by atoms with E-state index in [2.05, 4.69) is 13.8 Å². The second kappa shape index (κ2) is 8.17. The van der Waals surface area contributed by atoms with E-state index in [0.29, 0.717) is 5.56 Å². The first-order valence-corrected chi connectivity index (χ1v) is 8.11. The molecule has 0 amide bonds. The number of aryl methyl sites for hydroxylation is 2. The quantitative estimate of drug-likeness (QED) is 0.620. The first kappa shape index (κ1) is 16.9. The van der Waals surface area contributed by atoms with Crippen LogP contribution < -0.4 is 0 Å². The zero-order valence-electron chi connectivity index (χ0n) is 12.3. The molecule has 1 atom stereocenters. The summed E-state index contributed by atoms with van der Waals surface area (Å²) in [6, 6.07) is 3.71. The molecule has 5 heteroatoms. The summed E-state index contributed by atoms with van der Waals surface area (Å²) >= 11 is -1.92. The number of rotatable bonds is 7. The molecule has 112 valence electrons. The molecular weight excluding hydrogens is 276 g/mol. The van der Waals surface area contributed by atoms with Crippen LogP contribution in [-0.2, 0) is 34.4 Å². The number of carbonyl (C=O) groups excluding carboxylic acids is 1. The van der Waals surface area contributed by atoms with Gasteiger partial charge in [-0.1, -0.05) is 32.8 Å². The third-order valence-corrected chi connectivity index (χ3v) is 3.71. The summed E-state index contributed by atoms with van der Waals surface area (Å²) in [5.74, 6) is -0.340. The van der Waals surface area contributed by atoms with Gasteiger partial charge in [-0.15, -0.1) is 0 Å². The Morgan fingerprint density at radius 1 is 1.15 bits per heavy atom. The Morgan fingerprint density at radius 3 is 2.25 bits per heavy atom. The Morgan fingerprint density at radius 2 is 1.75 bits per heavy atom. The number of carbonyl (C=O) groups is 1. The molecule has 0 aliphatic carbocycles. The van der Waals surface area contributed by atoms with E-state index in [1.54, 1.807) is 6.07 Å². The highest BCUT2D eigenvalue weighted by Crippen LogP contribution is 2.22. The van der Waals surface area contributed by atoms with Crippen LogP contribution in [-0.4, -0.2) is 21.8 Å². The van der Waals surface area contributed by atoms with E-state index in [9.17, 15) is 9.00 Å². The Kier molecular flexibility index (Phi) is 6.88. The van der Waals surface area contributed by atoms with Crippen molar-refractivity contribution < 1.29 is 18.3 Å². The molecule has 0 aromatic heterocycles. The second-order valence-corrected chi connectivity index (χ2v) is 5.67. The lowest BCUT2D eigenvalue weighted by molar-refractivity contribution is 0.0599. The fourth-order valence-electron chi connectivity index (χ4n) is 2.29. The van der Waals surface area contributed by atoms with Crippen molar-refractivity contribution in [2.75, 3.05) is 7.11 Å². The number of ether oxygens (including phenoxy) is 1. The van der Waals surface area contributed by atoms with Crippen molar-refractivity contribution in [3.63, 3.8) is 0 Å². The number of benzene rings is 1. The van der Waals surface area contributed by atoms with Crippen LogP contribution in [0.4, 0.5) is 0 Å². The normalized spacial score (nSPS) is 12.2. The van der Waals surface area contributed by atoms with E-state index in [0.717, 1.165) is 42.4 Å². The minimum Gasteiger partial charge on any atom is -0.465 e. The van der Waals surface area contributed by atoms with Gasteiger partial charge in [0.15, 0.2) is 11.1 Å². The molecule has 4 nitrogen and oxygen atoms in total. The molecule has 0 radical (unpaired) electrons. The predicted octanol–water partition coefficient (Wildman–Crippen LogP) is 3.10. The largest absolute Gasteiger partial charge is 0.465 e. The van der Waals surface area contributed by atoms with Crippen molar-refractivity contribution in [2.45, 2.75) is 45.3 Å². The molecule has 0 spiro atoms. The summed E-state index contributed by atoms with van der Waals surface area (Å²) in [6.07, 6.45) is 3.52. The summed E-state index contributed by atoms with van der Waals surface area (Å²) in [4.78, 5) is 11.9. The minimum absolute atomic E-state index is 0.0474. The van der Waals surface area contributed by atoms with Crippen LogP contribution >= 0.6 is 0 Å². The number of esters is 1. The van der Waals surface area contributed by atoms with Gasteiger partial charge in [0.25, 0.3) is 0 Å². The summed E-state index contributed by atoms with van der Waals surface area (Å²) in [6.45, 7) is 4.12. The third-order valence-electron chi connectivity index (χ3n) is 3.15. The maximum Gasteiger partial charge on any atom is 0.338 e. The van der Waals surface area contributed by atoms with Crippen LogP contribution in [0, 0.1) is 0 Å². The highest BCUT2D eigenvalue weighted by atomic mass is 32.2. The van der Waals surface area contributed by atoms with Gasteiger partial charge < -0.3 is 9.29 Å². The van der Waals surface area contributed by atoms with Gasteiger partial charge in [0, 0.05) is 0 Å². The summed E-state index contributed by atoms with van der Waals surface area (Å²) in [5.41, 5.74) is 3.27. The molecule has 0 heterocycles. The van der Waals surface area contributed by atoms with E-state index in [1.807, 2.05) is 6.07 Å². The van der Waals surface area contributed by atoms with Crippen LogP contribution in [0.15, 0.2) is 12.1 Å². The standard InChI is InChI=1S/C15H22O4S/c1-4-6-11-8-12(7-5-2)14(15(16)19-3)9-13(11)10-20(17)18/h8-9H,4-7,10H2,1-3H3,(H,17,18). The molecule has 0 saturated carbocycles. The van der Waals surface area contributed by atoms with Crippen molar-refractivity contribution >= 4 is 17.0 Å². The maximum atomic E-state index is 11.9. The molecule has 0 saturated heterocycles. The van der Waals surface area contributed by atoms with Gasteiger partial charge in [0.2, 0.25) is 0 Å². The zero-order valence-corrected chi connectivity index (χ0v) is 13.1. The molecule has 0 aliphatic heterocycles. The van der Waals surface area contributed by atoms with Gasteiger partial charge in [-0.2, -0.15) is 0 Å². The Balaban J connectivity index is 3.33. The fraction of sp³-hybridized carbons (Fsp3) is 0.533. The average molecular weight is 298 g/mol. The third kappa shape index (κ3) is 4.42. The van der Waals surface area contributed by atoms with Gasteiger partial charge in [-0.3, -0.25) is 0 Å². The lowest BCUT2D eigenvalue weighted by Gasteiger charge is -2.14. The molecular formula is C15H22O4S. The van der Waals surface area contributed by atoms with Gasteiger partial charge in [0.05, 0.1) is 18.4 Å². The van der Waals surface area contributed by atoms with Gasteiger partial charge in [-0.25, -0.2) is 9.00 Å². The van der Waals surface area contributed by atoms with Crippen molar-refractivity contribution in [3.05, 3.63) is 34.4 Å². The molecule has 0 fully saturated rings. The van der Waals surface area contributed by atoms with Crippen LogP contribution in [0.3, 0.4) is 0 Å². The monoisotopic (exact) mass is 298 g/mol.